The summed E-state index contributed by atoms with van der Waals surface area (Å²) in [5, 5.41) is 2.99. The van der Waals surface area contributed by atoms with Crippen molar-refractivity contribution < 1.29 is 14.4 Å². The number of aryl methyl sites for hydroxylation is 2. The van der Waals surface area contributed by atoms with E-state index in [1.165, 1.54) is 0 Å². The lowest BCUT2D eigenvalue weighted by molar-refractivity contribution is -0.122. The molecular weight excluding hydrogens is 378 g/mol. The summed E-state index contributed by atoms with van der Waals surface area (Å²) in [6.07, 6.45) is 1.46. The molecule has 4 rings (SSSR count). The van der Waals surface area contributed by atoms with Crippen molar-refractivity contribution in [2.75, 3.05) is 28.2 Å². The van der Waals surface area contributed by atoms with Crippen LogP contribution in [0.15, 0.2) is 36.4 Å². The minimum absolute atomic E-state index is 0.0458. The van der Waals surface area contributed by atoms with Gasteiger partial charge in [-0.25, -0.2) is 0 Å². The Morgan fingerprint density at radius 2 is 1.93 bits per heavy atom. The lowest BCUT2D eigenvalue weighted by Gasteiger charge is -2.20. The van der Waals surface area contributed by atoms with Gasteiger partial charge in [0.15, 0.2) is 0 Å². The second kappa shape index (κ2) is 7.94. The summed E-state index contributed by atoms with van der Waals surface area (Å²) >= 11 is 0. The minimum atomic E-state index is -0.385. The SMILES string of the molecule is CCC(=O)N1CCc2cc(N3C[C@H](C(=O)Nc4cc(C)ccc4C)CC3=O)ccc21. The monoisotopic (exact) mass is 405 g/mol. The highest BCUT2D eigenvalue weighted by Crippen LogP contribution is 2.34. The number of hydrogen-bond donors (Lipinski definition) is 1. The predicted molar refractivity (Wildman–Crippen MR) is 118 cm³/mol. The van der Waals surface area contributed by atoms with Gasteiger partial charge in [0.25, 0.3) is 0 Å². The summed E-state index contributed by atoms with van der Waals surface area (Å²) in [6, 6.07) is 11.7. The summed E-state index contributed by atoms with van der Waals surface area (Å²) in [7, 11) is 0. The van der Waals surface area contributed by atoms with E-state index in [9.17, 15) is 14.4 Å². The Hall–Kier alpha value is -3.15. The lowest BCUT2D eigenvalue weighted by Crippen LogP contribution is -2.28. The maximum atomic E-state index is 12.8. The number of anilines is 3. The summed E-state index contributed by atoms with van der Waals surface area (Å²) < 4.78 is 0. The molecule has 2 aromatic carbocycles. The second-order valence-electron chi connectivity index (χ2n) is 8.17. The maximum absolute atomic E-state index is 12.8. The molecule has 0 unspecified atom stereocenters. The van der Waals surface area contributed by atoms with Crippen molar-refractivity contribution in [3.63, 3.8) is 0 Å². The third-order valence-electron chi connectivity index (χ3n) is 6.02. The Bertz CT molecular complexity index is 1030. The van der Waals surface area contributed by atoms with Gasteiger partial charge in [0.05, 0.1) is 5.92 Å². The largest absolute Gasteiger partial charge is 0.326 e. The second-order valence-corrected chi connectivity index (χ2v) is 8.17. The minimum Gasteiger partial charge on any atom is -0.326 e. The summed E-state index contributed by atoms with van der Waals surface area (Å²) in [5.74, 6) is -0.443. The summed E-state index contributed by atoms with van der Waals surface area (Å²) in [5.41, 5.74) is 5.68. The number of nitrogens with zero attached hydrogens (tertiary/aromatic N) is 2. The molecule has 0 radical (unpaired) electrons. The highest BCUT2D eigenvalue weighted by atomic mass is 16.2. The van der Waals surface area contributed by atoms with E-state index in [0.29, 0.717) is 19.5 Å². The molecule has 2 aliphatic rings. The van der Waals surface area contributed by atoms with E-state index in [0.717, 1.165) is 40.2 Å². The molecule has 6 nitrogen and oxygen atoms in total. The van der Waals surface area contributed by atoms with Crippen LogP contribution in [0.3, 0.4) is 0 Å². The van der Waals surface area contributed by atoms with Gasteiger partial charge in [-0.3, -0.25) is 14.4 Å². The smallest absolute Gasteiger partial charge is 0.229 e. The number of nitrogens with one attached hydrogen (secondary N) is 1. The lowest BCUT2D eigenvalue weighted by atomic mass is 10.1. The van der Waals surface area contributed by atoms with E-state index in [4.69, 9.17) is 0 Å². The van der Waals surface area contributed by atoms with Crippen molar-refractivity contribution in [2.24, 2.45) is 5.92 Å². The van der Waals surface area contributed by atoms with Crippen LogP contribution in [-0.4, -0.2) is 30.8 Å². The summed E-state index contributed by atoms with van der Waals surface area (Å²) in [6.45, 7) is 6.85. The average Bonchev–Trinajstić information content (AvgIpc) is 3.33. The molecule has 30 heavy (non-hydrogen) atoms. The first-order valence-corrected chi connectivity index (χ1v) is 10.5. The van der Waals surface area contributed by atoms with Crippen LogP contribution in [0.5, 0.6) is 0 Å². The van der Waals surface area contributed by atoms with Crippen molar-refractivity contribution in [3.8, 4) is 0 Å². The van der Waals surface area contributed by atoms with E-state index in [1.807, 2.05) is 62.1 Å². The Labute approximate surface area is 176 Å². The molecule has 6 heteroatoms. The fourth-order valence-corrected chi connectivity index (χ4v) is 4.24. The highest BCUT2D eigenvalue weighted by molar-refractivity contribution is 6.04. The molecule has 1 fully saturated rings. The first kappa shape index (κ1) is 20.1. The van der Waals surface area contributed by atoms with Crippen LogP contribution in [0.4, 0.5) is 17.1 Å². The number of amides is 3. The fourth-order valence-electron chi connectivity index (χ4n) is 4.24. The molecule has 2 aromatic rings. The Morgan fingerprint density at radius 1 is 1.13 bits per heavy atom. The topological polar surface area (TPSA) is 69.7 Å². The third-order valence-corrected chi connectivity index (χ3v) is 6.02. The number of carbonyl (C=O) groups is 3. The van der Waals surface area contributed by atoms with Crippen LogP contribution < -0.4 is 15.1 Å². The highest BCUT2D eigenvalue weighted by Gasteiger charge is 2.36. The van der Waals surface area contributed by atoms with Gasteiger partial charge in [-0.15, -0.1) is 0 Å². The van der Waals surface area contributed by atoms with Crippen LogP contribution in [0.2, 0.25) is 0 Å². The molecular formula is C24H27N3O3. The predicted octanol–water partition coefficient (Wildman–Crippen LogP) is 3.59. The van der Waals surface area contributed by atoms with E-state index < -0.39 is 0 Å². The quantitative estimate of drug-likeness (QED) is 0.845. The van der Waals surface area contributed by atoms with E-state index >= 15 is 0 Å². The number of rotatable bonds is 4. The molecule has 1 atom stereocenters. The van der Waals surface area contributed by atoms with Gasteiger partial charge >= 0.3 is 0 Å². The van der Waals surface area contributed by atoms with Crippen molar-refractivity contribution in [3.05, 3.63) is 53.1 Å². The van der Waals surface area contributed by atoms with E-state index in [1.54, 1.807) is 4.90 Å². The third kappa shape index (κ3) is 3.70. The van der Waals surface area contributed by atoms with Crippen molar-refractivity contribution in [1.82, 2.24) is 0 Å². The number of carbonyl (C=O) groups excluding carboxylic acids is 3. The van der Waals surface area contributed by atoms with Gasteiger partial charge in [-0.2, -0.15) is 0 Å². The zero-order valence-corrected chi connectivity index (χ0v) is 17.7. The normalized spacial score (nSPS) is 18.0. The van der Waals surface area contributed by atoms with Gasteiger partial charge < -0.3 is 15.1 Å². The molecule has 0 aliphatic carbocycles. The van der Waals surface area contributed by atoms with Gasteiger partial charge in [0.2, 0.25) is 17.7 Å². The van der Waals surface area contributed by atoms with Gasteiger partial charge in [0, 0.05) is 43.0 Å². The zero-order chi connectivity index (χ0) is 21.4. The van der Waals surface area contributed by atoms with Crippen LogP contribution in [0.25, 0.3) is 0 Å². The fraction of sp³-hybridized carbons (Fsp3) is 0.375. The Morgan fingerprint density at radius 3 is 2.70 bits per heavy atom. The van der Waals surface area contributed by atoms with Crippen LogP contribution in [0.1, 0.15) is 36.5 Å². The zero-order valence-electron chi connectivity index (χ0n) is 17.7. The molecule has 0 saturated carbocycles. The molecule has 156 valence electrons. The van der Waals surface area contributed by atoms with Gasteiger partial charge in [-0.05, 0) is 61.2 Å². The van der Waals surface area contributed by atoms with Crippen molar-refractivity contribution in [2.45, 2.75) is 40.0 Å². The van der Waals surface area contributed by atoms with Crippen LogP contribution in [-0.2, 0) is 20.8 Å². The van der Waals surface area contributed by atoms with Crippen LogP contribution >= 0.6 is 0 Å². The number of fused-ring (bicyclic) bond motifs is 1. The first-order valence-electron chi connectivity index (χ1n) is 10.5. The molecule has 1 N–H and O–H groups in total. The first-order chi connectivity index (χ1) is 14.4. The van der Waals surface area contributed by atoms with Gasteiger partial charge in [-0.1, -0.05) is 19.1 Å². The van der Waals surface area contributed by atoms with E-state index in [-0.39, 0.29) is 30.1 Å². The number of benzene rings is 2. The maximum Gasteiger partial charge on any atom is 0.229 e. The van der Waals surface area contributed by atoms with E-state index in [2.05, 4.69) is 5.32 Å². The molecule has 2 heterocycles. The molecule has 1 saturated heterocycles. The molecule has 3 amide bonds. The standard InChI is InChI=1S/C24H27N3O3/c1-4-22(28)26-10-9-17-12-19(7-8-21(17)26)27-14-18(13-23(27)29)24(30)25-20-11-15(2)5-6-16(20)3/h5-8,11-12,18H,4,9-10,13-14H2,1-3H3,(H,25,30)/t18-/m1/s1. The molecule has 2 aliphatic heterocycles. The molecule has 0 bridgehead atoms. The van der Waals surface area contributed by atoms with Gasteiger partial charge in [0.1, 0.15) is 0 Å². The Balaban J connectivity index is 1.48. The van der Waals surface area contributed by atoms with Crippen molar-refractivity contribution >= 4 is 34.8 Å². The molecule has 0 spiro atoms. The number of hydrogen-bond acceptors (Lipinski definition) is 3. The van der Waals surface area contributed by atoms with Crippen molar-refractivity contribution in [1.29, 1.82) is 0 Å². The summed E-state index contributed by atoms with van der Waals surface area (Å²) in [4.78, 5) is 41.1. The average molecular weight is 405 g/mol. The van der Waals surface area contributed by atoms with Crippen LogP contribution in [0, 0.1) is 19.8 Å². The molecule has 0 aromatic heterocycles. The Kier molecular flexibility index (Phi) is 5.33.